The molecule has 0 fully saturated rings. The highest BCUT2D eigenvalue weighted by Gasteiger charge is 2.29. The summed E-state index contributed by atoms with van der Waals surface area (Å²) in [5, 5.41) is 29.3. The number of rotatable bonds is 7. The van der Waals surface area contributed by atoms with Crippen LogP contribution in [0.3, 0.4) is 0 Å². The van der Waals surface area contributed by atoms with Gasteiger partial charge in [0.15, 0.2) is 0 Å². The maximum absolute atomic E-state index is 11.5. The molecule has 0 atom stereocenters. The number of aliphatic carboxylic acids is 1. The molecule has 1 amide bonds. The predicted octanol–water partition coefficient (Wildman–Crippen LogP) is -0.263. The Morgan fingerprint density at radius 3 is 1.94 bits per heavy atom. The fourth-order valence-electron chi connectivity index (χ4n) is 1.06. The van der Waals surface area contributed by atoms with Gasteiger partial charge in [0.25, 0.3) is 0 Å². The van der Waals surface area contributed by atoms with E-state index in [1.807, 2.05) is 0 Å². The zero-order chi connectivity index (χ0) is 13.7. The Morgan fingerprint density at radius 2 is 1.59 bits per heavy atom. The van der Waals surface area contributed by atoms with Crippen molar-refractivity contribution < 1.29 is 24.9 Å². The number of carbonyl (C=O) groups excluding carboxylic acids is 1. The van der Waals surface area contributed by atoms with Gasteiger partial charge in [0, 0.05) is 6.42 Å². The van der Waals surface area contributed by atoms with Crippen LogP contribution in [-0.4, -0.2) is 45.9 Å². The third kappa shape index (κ3) is 5.14. The molecule has 17 heavy (non-hydrogen) atoms. The molecule has 0 saturated carbocycles. The van der Waals surface area contributed by atoms with Crippen LogP contribution in [-0.2, 0) is 9.59 Å². The number of aliphatic hydroxyl groups is 2. The van der Waals surface area contributed by atoms with Gasteiger partial charge >= 0.3 is 5.97 Å². The van der Waals surface area contributed by atoms with Crippen LogP contribution in [0.15, 0.2) is 0 Å². The zero-order valence-corrected chi connectivity index (χ0v) is 10.5. The lowest BCUT2D eigenvalue weighted by atomic mass is 9.88. The summed E-state index contributed by atoms with van der Waals surface area (Å²) < 4.78 is 0. The first-order valence-corrected chi connectivity index (χ1v) is 5.43. The lowest BCUT2D eigenvalue weighted by Gasteiger charge is -2.27. The molecule has 4 N–H and O–H groups in total. The van der Waals surface area contributed by atoms with Crippen molar-refractivity contribution in [2.75, 3.05) is 13.2 Å². The Bertz CT molecular complexity index is 284. The van der Waals surface area contributed by atoms with E-state index < -0.39 is 16.9 Å². The summed E-state index contributed by atoms with van der Waals surface area (Å²) in [6.45, 7) is 3.84. The van der Waals surface area contributed by atoms with Crippen molar-refractivity contribution in [3.63, 3.8) is 0 Å². The van der Waals surface area contributed by atoms with Crippen LogP contribution in [0.25, 0.3) is 0 Å². The molecule has 6 heteroatoms. The normalized spacial score (nSPS) is 12.3. The standard InChI is InChI=1S/C11H21NO5/c1-10(2,9(16)17)5-4-8(15)12-11(3,6-13)7-14/h13-14H,4-7H2,1-3H3,(H,12,15)(H,16,17). The van der Waals surface area contributed by atoms with Gasteiger partial charge in [-0.3, -0.25) is 9.59 Å². The van der Waals surface area contributed by atoms with Crippen molar-refractivity contribution >= 4 is 11.9 Å². The van der Waals surface area contributed by atoms with E-state index >= 15 is 0 Å². The van der Waals surface area contributed by atoms with Gasteiger partial charge < -0.3 is 20.6 Å². The molecular weight excluding hydrogens is 226 g/mol. The number of aliphatic hydroxyl groups excluding tert-OH is 2. The van der Waals surface area contributed by atoms with Crippen LogP contribution in [0.1, 0.15) is 33.6 Å². The van der Waals surface area contributed by atoms with Crippen molar-refractivity contribution in [1.82, 2.24) is 5.32 Å². The highest BCUT2D eigenvalue weighted by atomic mass is 16.4. The molecule has 0 saturated heterocycles. The van der Waals surface area contributed by atoms with Gasteiger partial charge in [-0.2, -0.15) is 0 Å². The summed E-state index contributed by atoms with van der Waals surface area (Å²) in [4.78, 5) is 22.3. The van der Waals surface area contributed by atoms with Crippen LogP contribution in [0.2, 0.25) is 0 Å². The largest absolute Gasteiger partial charge is 0.481 e. The van der Waals surface area contributed by atoms with Crippen LogP contribution >= 0.6 is 0 Å². The number of carbonyl (C=O) groups is 2. The Hall–Kier alpha value is -1.14. The van der Waals surface area contributed by atoms with Crippen molar-refractivity contribution in [2.24, 2.45) is 5.41 Å². The monoisotopic (exact) mass is 247 g/mol. The van der Waals surface area contributed by atoms with E-state index in [9.17, 15) is 9.59 Å². The first kappa shape index (κ1) is 15.9. The highest BCUT2D eigenvalue weighted by Crippen LogP contribution is 2.22. The van der Waals surface area contributed by atoms with E-state index in [1.165, 1.54) is 6.92 Å². The van der Waals surface area contributed by atoms with Gasteiger partial charge in [0.05, 0.1) is 24.2 Å². The molecule has 0 aliphatic carbocycles. The van der Waals surface area contributed by atoms with Crippen molar-refractivity contribution in [2.45, 2.75) is 39.2 Å². The quantitative estimate of drug-likeness (QED) is 0.496. The van der Waals surface area contributed by atoms with Gasteiger partial charge in [0.1, 0.15) is 0 Å². The fourth-order valence-corrected chi connectivity index (χ4v) is 1.06. The second-order valence-electron chi connectivity index (χ2n) is 5.11. The average Bonchev–Trinajstić information content (AvgIpc) is 2.26. The Balaban J connectivity index is 4.26. The molecule has 0 aliphatic heterocycles. The fraction of sp³-hybridized carbons (Fsp3) is 0.818. The summed E-state index contributed by atoms with van der Waals surface area (Å²) in [5.74, 6) is -1.35. The molecule has 0 aromatic rings. The second kappa shape index (κ2) is 5.97. The summed E-state index contributed by atoms with van der Waals surface area (Å²) in [6, 6.07) is 0. The van der Waals surface area contributed by atoms with E-state index in [0.29, 0.717) is 0 Å². The first-order chi connectivity index (χ1) is 7.67. The Labute approximate surface area is 101 Å². The molecule has 0 bridgehead atoms. The van der Waals surface area contributed by atoms with E-state index in [4.69, 9.17) is 15.3 Å². The van der Waals surface area contributed by atoms with Gasteiger partial charge in [0.2, 0.25) is 5.91 Å². The third-order valence-electron chi connectivity index (χ3n) is 2.70. The molecule has 6 nitrogen and oxygen atoms in total. The Kier molecular flexibility index (Phi) is 5.57. The van der Waals surface area contributed by atoms with Gasteiger partial charge in [-0.15, -0.1) is 0 Å². The molecule has 0 heterocycles. The van der Waals surface area contributed by atoms with E-state index in [2.05, 4.69) is 5.32 Å². The summed E-state index contributed by atoms with van der Waals surface area (Å²) in [7, 11) is 0. The average molecular weight is 247 g/mol. The third-order valence-corrected chi connectivity index (χ3v) is 2.70. The van der Waals surface area contributed by atoms with E-state index in [0.717, 1.165) is 0 Å². The smallest absolute Gasteiger partial charge is 0.309 e. The number of carboxylic acid groups (broad SMARTS) is 1. The molecule has 0 unspecified atom stereocenters. The predicted molar refractivity (Wildman–Crippen MR) is 61.4 cm³/mol. The van der Waals surface area contributed by atoms with E-state index in [1.54, 1.807) is 13.8 Å². The molecule has 0 aliphatic rings. The topological polar surface area (TPSA) is 107 Å². The lowest BCUT2D eigenvalue weighted by Crippen LogP contribution is -2.51. The van der Waals surface area contributed by atoms with Crippen LogP contribution < -0.4 is 5.32 Å². The molecule has 100 valence electrons. The van der Waals surface area contributed by atoms with Crippen LogP contribution in [0, 0.1) is 5.41 Å². The molecule has 0 spiro atoms. The molecule has 0 rings (SSSR count). The van der Waals surface area contributed by atoms with E-state index in [-0.39, 0.29) is 32.0 Å². The number of hydrogen-bond acceptors (Lipinski definition) is 4. The van der Waals surface area contributed by atoms with Crippen molar-refractivity contribution in [1.29, 1.82) is 0 Å². The molecular formula is C11H21NO5. The van der Waals surface area contributed by atoms with Crippen LogP contribution in [0.4, 0.5) is 0 Å². The number of carboxylic acids is 1. The summed E-state index contributed by atoms with van der Waals surface area (Å²) >= 11 is 0. The minimum absolute atomic E-state index is 0.0366. The number of nitrogens with one attached hydrogen (secondary N) is 1. The summed E-state index contributed by atoms with van der Waals surface area (Å²) in [6.07, 6.45) is 0.232. The minimum atomic E-state index is -1.07. The van der Waals surface area contributed by atoms with Crippen molar-refractivity contribution in [3.05, 3.63) is 0 Å². The van der Waals surface area contributed by atoms with Gasteiger partial charge in [-0.1, -0.05) is 0 Å². The van der Waals surface area contributed by atoms with Crippen molar-refractivity contribution in [3.8, 4) is 0 Å². The zero-order valence-electron chi connectivity index (χ0n) is 10.5. The highest BCUT2D eigenvalue weighted by molar-refractivity contribution is 5.79. The van der Waals surface area contributed by atoms with Gasteiger partial charge in [-0.05, 0) is 27.2 Å². The number of hydrogen-bond donors (Lipinski definition) is 4. The number of amides is 1. The van der Waals surface area contributed by atoms with Gasteiger partial charge in [-0.25, -0.2) is 0 Å². The SMILES string of the molecule is CC(CO)(CO)NC(=O)CCC(C)(C)C(=O)O. The minimum Gasteiger partial charge on any atom is -0.481 e. The maximum Gasteiger partial charge on any atom is 0.309 e. The molecule has 0 aromatic carbocycles. The second-order valence-corrected chi connectivity index (χ2v) is 5.11. The molecule has 0 radical (unpaired) electrons. The maximum atomic E-state index is 11.5. The lowest BCUT2D eigenvalue weighted by molar-refractivity contribution is -0.147. The first-order valence-electron chi connectivity index (χ1n) is 5.43. The summed E-state index contributed by atoms with van der Waals surface area (Å²) in [5.41, 5.74) is -2.03. The van der Waals surface area contributed by atoms with Crippen LogP contribution in [0.5, 0.6) is 0 Å². The Morgan fingerprint density at radius 1 is 1.12 bits per heavy atom. The molecule has 0 aromatic heterocycles.